The summed E-state index contributed by atoms with van der Waals surface area (Å²) in [5.74, 6) is -0.888. The lowest BCUT2D eigenvalue weighted by atomic mass is 9.95. The fourth-order valence-electron chi connectivity index (χ4n) is 2.65. The van der Waals surface area contributed by atoms with Crippen molar-refractivity contribution in [1.29, 1.82) is 0 Å². The Bertz CT molecular complexity index is 689. The van der Waals surface area contributed by atoms with Gasteiger partial charge in [0.15, 0.2) is 12.3 Å². The average molecular weight is 356 g/mol. The van der Waals surface area contributed by atoms with Gasteiger partial charge >= 0.3 is 11.7 Å². The molecule has 1 aliphatic rings. The Morgan fingerprint density at radius 1 is 1.56 bits per heavy atom. The van der Waals surface area contributed by atoms with Gasteiger partial charge in [0.2, 0.25) is 0 Å². The van der Waals surface area contributed by atoms with Crippen LogP contribution in [0.5, 0.6) is 0 Å². The number of aromatic nitrogens is 2. The summed E-state index contributed by atoms with van der Waals surface area (Å²) in [6.45, 7) is 4.32. The van der Waals surface area contributed by atoms with Crippen molar-refractivity contribution >= 4 is 11.8 Å². The van der Waals surface area contributed by atoms with E-state index >= 15 is 0 Å². The second-order valence-corrected chi connectivity index (χ2v) is 6.60. The molecule has 25 heavy (non-hydrogen) atoms. The molecule has 2 rings (SSSR count). The van der Waals surface area contributed by atoms with Crippen LogP contribution in [-0.2, 0) is 14.3 Å². The van der Waals surface area contributed by atoms with Gasteiger partial charge in [0.1, 0.15) is 23.6 Å². The van der Waals surface area contributed by atoms with E-state index in [2.05, 4.69) is 4.98 Å². The lowest BCUT2D eigenvalue weighted by Crippen LogP contribution is -2.51. The first-order valence-electron chi connectivity index (χ1n) is 7.89. The molecule has 0 aromatic carbocycles. The number of anilines is 1. The zero-order valence-corrected chi connectivity index (χ0v) is 14.3. The van der Waals surface area contributed by atoms with Crippen LogP contribution < -0.4 is 17.2 Å². The molecule has 0 spiro atoms. The maximum absolute atomic E-state index is 12.2. The summed E-state index contributed by atoms with van der Waals surface area (Å²) in [6.07, 6.45) is -2.17. The number of aliphatic hydroxyl groups is 2. The Morgan fingerprint density at radius 2 is 2.20 bits per heavy atom. The summed E-state index contributed by atoms with van der Waals surface area (Å²) < 4.78 is 11.9. The van der Waals surface area contributed by atoms with Crippen LogP contribution in [0.2, 0.25) is 0 Å². The fraction of sp³-hybridized carbons (Fsp3) is 0.667. The molecule has 0 aliphatic carbocycles. The van der Waals surface area contributed by atoms with Crippen molar-refractivity contribution < 1.29 is 24.5 Å². The first-order chi connectivity index (χ1) is 11.6. The van der Waals surface area contributed by atoms with Crippen LogP contribution in [0.1, 0.15) is 27.0 Å². The largest absolute Gasteiger partial charge is 0.455 e. The minimum atomic E-state index is -1.80. The number of hydrogen-bond donors (Lipinski definition) is 4. The average Bonchev–Trinajstić information content (AvgIpc) is 2.77. The first-order valence-corrected chi connectivity index (χ1v) is 7.89. The van der Waals surface area contributed by atoms with Gasteiger partial charge in [-0.3, -0.25) is 9.36 Å². The van der Waals surface area contributed by atoms with Gasteiger partial charge in [-0.1, -0.05) is 13.8 Å². The topological polar surface area (TPSA) is 163 Å². The van der Waals surface area contributed by atoms with Gasteiger partial charge in [-0.25, -0.2) is 4.79 Å². The maximum atomic E-state index is 12.2. The van der Waals surface area contributed by atoms with Crippen molar-refractivity contribution in [2.24, 2.45) is 11.7 Å². The molecule has 1 aromatic heterocycles. The third-order valence-corrected chi connectivity index (χ3v) is 4.23. The zero-order chi connectivity index (χ0) is 18.9. The Balaban J connectivity index is 2.32. The highest BCUT2D eigenvalue weighted by Crippen LogP contribution is 2.39. The van der Waals surface area contributed by atoms with E-state index in [0.717, 1.165) is 4.57 Å². The molecule has 1 aliphatic heterocycles. The van der Waals surface area contributed by atoms with E-state index in [1.54, 1.807) is 13.8 Å². The first kappa shape index (κ1) is 19.3. The van der Waals surface area contributed by atoms with Gasteiger partial charge < -0.3 is 31.2 Å². The summed E-state index contributed by atoms with van der Waals surface area (Å²) >= 11 is 0. The van der Waals surface area contributed by atoms with Crippen LogP contribution in [0.25, 0.3) is 0 Å². The second-order valence-electron chi connectivity index (χ2n) is 6.60. The number of nitrogen functional groups attached to an aromatic ring is 1. The Labute approximate surface area is 144 Å². The molecule has 2 unspecified atom stereocenters. The number of carbonyl (C=O) groups excluding carboxylic acids is 1. The van der Waals surface area contributed by atoms with Crippen molar-refractivity contribution in [3.63, 3.8) is 0 Å². The van der Waals surface area contributed by atoms with Crippen LogP contribution in [0.3, 0.4) is 0 Å². The number of esters is 1. The highest BCUT2D eigenvalue weighted by Gasteiger charge is 2.56. The number of ether oxygens (including phenoxy) is 2. The number of hydrogen-bond acceptors (Lipinski definition) is 9. The number of carbonyl (C=O) groups is 1. The second kappa shape index (κ2) is 7.08. The van der Waals surface area contributed by atoms with Crippen molar-refractivity contribution in [2.75, 3.05) is 12.3 Å². The van der Waals surface area contributed by atoms with E-state index in [9.17, 15) is 19.8 Å². The lowest BCUT2D eigenvalue weighted by molar-refractivity contribution is -0.166. The van der Waals surface area contributed by atoms with Crippen molar-refractivity contribution in [2.45, 2.75) is 50.8 Å². The van der Waals surface area contributed by atoms with Crippen molar-refractivity contribution in [3.8, 4) is 0 Å². The molecule has 0 bridgehead atoms. The maximum Gasteiger partial charge on any atom is 0.351 e. The quantitative estimate of drug-likeness (QED) is 0.453. The van der Waals surface area contributed by atoms with E-state index in [1.807, 2.05) is 0 Å². The summed E-state index contributed by atoms with van der Waals surface area (Å²) in [5, 5.41) is 20.4. The minimum Gasteiger partial charge on any atom is -0.455 e. The molecule has 10 nitrogen and oxygen atoms in total. The predicted molar refractivity (Wildman–Crippen MR) is 87.2 cm³/mol. The molecule has 0 radical (unpaired) electrons. The normalized spacial score (nSPS) is 30.4. The summed E-state index contributed by atoms with van der Waals surface area (Å²) in [5.41, 5.74) is 8.67. The Hall–Kier alpha value is -2.01. The Kier molecular flexibility index (Phi) is 5.47. The lowest BCUT2D eigenvalue weighted by Gasteiger charge is -2.30. The minimum absolute atomic E-state index is 0.0171. The summed E-state index contributed by atoms with van der Waals surface area (Å²) in [7, 11) is 0. The van der Waals surface area contributed by atoms with E-state index < -0.39 is 48.3 Å². The molecule has 1 fully saturated rings. The number of nitrogens with two attached hydrogens (primary N) is 2. The smallest absolute Gasteiger partial charge is 0.351 e. The number of rotatable bonds is 5. The molecule has 10 heteroatoms. The summed E-state index contributed by atoms with van der Waals surface area (Å²) in [4.78, 5) is 27.8. The van der Waals surface area contributed by atoms with Gasteiger partial charge in [-0.2, -0.15) is 4.98 Å². The van der Waals surface area contributed by atoms with Gasteiger partial charge in [0.05, 0.1) is 6.61 Å². The predicted octanol–water partition coefficient (Wildman–Crippen LogP) is -1.64. The molecule has 140 valence electrons. The van der Waals surface area contributed by atoms with Crippen LogP contribution in [0.15, 0.2) is 17.1 Å². The van der Waals surface area contributed by atoms with E-state index in [4.69, 9.17) is 20.9 Å². The van der Waals surface area contributed by atoms with Gasteiger partial charge in [-0.05, 0) is 18.9 Å². The van der Waals surface area contributed by atoms with Crippen LogP contribution in [-0.4, -0.2) is 56.2 Å². The molecule has 1 aromatic rings. The van der Waals surface area contributed by atoms with Crippen molar-refractivity contribution in [3.05, 3.63) is 22.7 Å². The molecule has 6 N–H and O–H groups in total. The number of aliphatic hydroxyl groups excluding tert-OH is 1. The standard InChI is InChI=1S/C15H24N4O6/c1-7(2)10(17)12(21)25-11-8(6-20)24-13(15(11,3)23)19-5-4-9(16)18-14(19)22/h4-5,7-8,10-11,13,20,23H,6,17H2,1-3H3,(H2,16,18,22)/t8-,10?,11-,13?,15-/m1/s1. The molecular formula is C15H24N4O6. The SMILES string of the molecule is CC(C)C(N)C(=O)O[C@@H]1[C@@H](CO)OC(n2ccc(N)nc2=O)[C@]1(C)O. The Morgan fingerprint density at radius 3 is 2.72 bits per heavy atom. The van der Waals surface area contributed by atoms with Gasteiger partial charge in [0, 0.05) is 6.20 Å². The molecule has 0 amide bonds. The van der Waals surface area contributed by atoms with Crippen LogP contribution >= 0.6 is 0 Å². The summed E-state index contributed by atoms with van der Waals surface area (Å²) in [6, 6.07) is 0.470. The van der Waals surface area contributed by atoms with Crippen LogP contribution in [0.4, 0.5) is 5.82 Å². The highest BCUT2D eigenvalue weighted by atomic mass is 16.6. The van der Waals surface area contributed by atoms with Crippen molar-refractivity contribution in [1.82, 2.24) is 9.55 Å². The van der Waals surface area contributed by atoms with E-state index in [0.29, 0.717) is 0 Å². The molecule has 5 atom stereocenters. The van der Waals surface area contributed by atoms with E-state index in [-0.39, 0.29) is 11.7 Å². The monoisotopic (exact) mass is 356 g/mol. The third-order valence-electron chi connectivity index (χ3n) is 4.23. The van der Waals surface area contributed by atoms with Gasteiger partial charge in [0.25, 0.3) is 0 Å². The molecule has 1 saturated heterocycles. The number of nitrogens with zero attached hydrogens (tertiary/aromatic N) is 2. The highest BCUT2D eigenvalue weighted by molar-refractivity contribution is 5.76. The molecule has 0 saturated carbocycles. The zero-order valence-electron chi connectivity index (χ0n) is 14.3. The van der Waals surface area contributed by atoms with Gasteiger partial charge in [-0.15, -0.1) is 0 Å². The fourth-order valence-corrected chi connectivity index (χ4v) is 2.65. The molecular weight excluding hydrogens is 332 g/mol. The van der Waals surface area contributed by atoms with Crippen LogP contribution in [0, 0.1) is 5.92 Å². The van der Waals surface area contributed by atoms with E-state index in [1.165, 1.54) is 19.2 Å². The third kappa shape index (κ3) is 3.66. The molecule has 2 heterocycles.